The fraction of sp³-hybridized carbons (Fsp3) is 0.842. The Kier molecular flexibility index (Phi) is 18.6. The molecule has 79 heavy (non-hydrogen) atoms. The second-order valence-corrected chi connectivity index (χ2v) is 24.3. The molecule has 1 aromatic carbocycles. The van der Waals surface area contributed by atoms with Crippen LogP contribution in [-0.4, -0.2) is 226 Å². The van der Waals surface area contributed by atoms with Crippen LogP contribution in [0, 0.1) is 22.7 Å². The standard InChI is InChI=1S/C57H88O22/c1-28-47(77-42-25-36(69-8)48(29(2)72-42)78-52-46(64)50(70-9)49(30(3)73-52)79-51-45(63)44(62)43(61)37(27-58)75-51)35(68-7)24-41(71-28)74-34-18-19-53(5)33(23-34)17-20-56(66)38(53)26-39(76-40(60)16-15-32-13-11-10-12-14-32)54(6)55(65,31(4)59)21-22-57(54,56)67/h10-16,28-31,33-39,41-52,58-59,61-67H,17-27H2,1-9H3/t28-,29+,30+,31+,33+,34-,35-,36+,37+,38-,39-,41-,42-,43+,44+,45+,46+,47-,48+,49+,50+,51-,52+,53-,54-,55+,56+,57+/m1/s1. The van der Waals surface area contributed by atoms with E-state index in [4.69, 9.17) is 56.8 Å². The summed E-state index contributed by atoms with van der Waals surface area (Å²) in [5.74, 6) is -1.10. The number of aliphatic hydroxyl groups excluding tert-OH is 6. The molecule has 0 bridgehead atoms. The minimum Gasteiger partial charge on any atom is -0.458 e. The third-order valence-corrected chi connectivity index (χ3v) is 20.3. The molecule has 22 nitrogen and oxygen atoms in total. The molecule has 22 heteroatoms. The molecule has 0 aromatic heterocycles. The van der Waals surface area contributed by atoms with Gasteiger partial charge in [0.1, 0.15) is 72.2 Å². The predicted octanol–water partition coefficient (Wildman–Crippen LogP) is 1.37. The minimum atomic E-state index is -1.89. The molecule has 9 rings (SSSR count). The number of rotatable bonds is 16. The molecule has 8 fully saturated rings. The summed E-state index contributed by atoms with van der Waals surface area (Å²) in [7, 11) is 4.51. The lowest BCUT2D eigenvalue weighted by Gasteiger charge is -2.69. The average Bonchev–Trinajstić information content (AvgIpc) is 3.43. The third-order valence-electron chi connectivity index (χ3n) is 20.3. The molecule has 0 spiro atoms. The summed E-state index contributed by atoms with van der Waals surface area (Å²) in [6.07, 6.45) is -14.2. The fourth-order valence-corrected chi connectivity index (χ4v) is 15.6. The summed E-state index contributed by atoms with van der Waals surface area (Å²) in [6, 6.07) is 9.31. The molecule has 8 aliphatic rings. The van der Waals surface area contributed by atoms with E-state index in [1.54, 1.807) is 34.0 Å². The van der Waals surface area contributed by atoms with Crippen molar-refractivity contribution in [2.45, 2.75) is 251 Å². The molecule has 4 aliphatic heterocycles. The van der Waals surface area contributed by atoms with Gasteiger partial charge in [0.2, 0.25) is 0 Å². The topological polar surface area (TPSA) is 310 Å². The van der Waals surface area contributed by atoms with Gasteiger partial charge < -0.3 is 103 Å². The summed E-state index contributed by atoms with van der Waals surface area (Å²) in [6.45, 7) is 9.99. The Balaban J connectivity index is 0.807. The summed E-state index contributed by atoms with van der Waals surface area (Å²) < 4.78 is 74.3. The number of ether oxygens (including phenoxy) is 12. The molecule has 0 unspecified atom stereocenters. The highest BCUT2D eigenvalue weighted by molar-refractivity contribution is 5.87. The quantitative estimate of drug-likeness (QED) is 0.0641. The van der Waals surface area contributed by atoms with Crippen LogP contribution in [-0.2, 0) is 61.6 Å². The number of fused-ring (bicyclic) bond motifs is 5. The Morgan fingerprint density at radius 1 is 0.684 bits per heavy atom. The van der Waals surface area contributed by atoms with Crippen LogP contribution >= 0.6 is 0 Å². The van der Waals surface area contributed by atoms with Gasteiger partial charge in [-0.05, 0) is 108 Å². The first-order valence-corrected chi connectivity index (χ1v) is 28.4. The molecule has 4 saturated heterocycles. The zero-order chi connectivity index (χ0) is 57.1. The zero-order valence-corrected chi connectivity index (χ0v) is 46.9. The summed E-state index contributed by atoms with van der Waals surface area (Å²) in [5.41, 5.74) is -6.71. The fourth-order valence-electron chi connectivity index (χ4n) is 15.6. The summed E-state index contributed by atoms with van der Waals surface area (Å²) in [5, 5.41) is 102. The first-order valence-electron chi connectivity index (χ1n) is 28.4. The second kappa shape index (κ2) is 23.9. The van der Waals surface area contributed by atoms with Gasteiger partial charge in [-0.1, -0.05) is 44.2 Å². The van der Waals surface area contributed by atoms with Crippen molar-refractivity contribution in [3.8, 4) is 0 Å². The van der Waals surface area contributed by atoms with Crippen molar-refractivity contribution in [1.29, 1.82) is 0 Å². The van der Waals surface area contributed by atoms with E-state index in [1.165, 1.54) is 27.2 Å². The number of hydrogen-bond acceptors (Lipinski definition) is 22. The summed E-state index contributed by atoms with van der Waals surface area (Å²) >= 11 is 0. The number of carbonyl (C=O) groups is 1. The van der Waals surface area contributed by atoms with Crippen LogP contribution in [0.3, 0.4) is 0 Å². The van der Waals surface area contributed by atoms with E-state index in [-0.39, 0.29) is 44.1 Å². The van der Waals surface area contributed by atoms with Crippen LogP contribution < -0.4 is 0 Å². The predicted molar refractivity (Wildman–Crippen MR) is 276 cm³/mol. The van der Waals surface area contributed by atoms with Gasteiger partial charge in [0.15, 0.2) is 25.2 Å². The smallest absolute Gasteiger partial charge is 0.331 e. The van der Waals surface area contributed by atoms with E-state index in [2.05, 4.69) is 6.92 Å². The van der Waals surface area contributed by atoms with Crippen LogP contribution in [0.5, 0.6) is 0 Å². The Morgan fingerprint density at radius 2 is 1.29 bits per heavy atom. The molecule has 448 valence electrons. The number of esters is 1. The van der Waals surface area contributed by atoms with Crippen molar-refractivity contribution in [1.82, 2.24) is 0 Å². The average molecular weight is 1130 g/mol. The first kappa shape index (κ1) is 61.2. The van der Waals surface area contributed by atoms with Gasteiger partial charge in [0, 0.05) is 40.2 Å². The molecule has 9 N–H and O–H groups in total. The van der Waals surface area contributed by atoms with Crippen molar-refractivity contribution in [2.75, 3.05) is 27.9 Å². The highest BCUT2D eigenvalue weighted by atomic mass is 16.8. The van der Waals surface area contributed by atoms with Crippen molar-refractivity contribution in [3.63, 3.8) is 0 Å². The van der Waals surface area contributed by atoms with Gasteiger partial charge >= 0.3 is 5.97 Å². The lowest BCUT2D eigenvalue weighted by Crippen LogP contribution is -2.79. The Bertz CT molecular complexity index is 2230. The molecule has 1 aromatic rings. The van der Waals surface area contributed by atoms with Gasteiger partial charge in [-0.3, -0.25) is 0 Å². The molecule has 28 atom stereocenters. The van der Waals surface area contributed by atoms with Crippen LogP contribution in [0.2, 0.25) is 0 Å². The normalized spacial score (nSPS) is 50.6. The van der Waals surface area contributed by atoms with E-state index in [1.807, 2.05) is 37.3 Å². The maximum atomic E-state index is 13.7. The number of aliphatic hydroxyl groups is 9. The molecular formula is C57H88O22. The van der Waals surface area contributed by atoms with Gasteiger partial charge in [0.25, 0.3) is 0 Å². The van der Waals surface area contributed by atoms with Crippen LogP contribution in [0.15, 0.2) is 36.4 Å². The van der Waals surface area contributed by atoms with E-state index in [0.29, 0.717) is 32.1 Å². The highest BCUT2D eigenvalue weighted by Crippen LogP contribution is 2.72. The van der Waals surface area contributed by atoms with Gasteiger partial charge in [0.05, 0.1) is 60.4 Å². The van der Waals surface area contributed by atoms with Crippen LogP contribution in [0.1, 0.15) is 111 Å². The summed E-state index contributed by atoms with van der Waals surface area (Å²) in [4.78, 5) is 13.7. The highest BCUT2D eigenvalue weighted by Gasteiger charge is 2.81. The van der Waals surface area contributed by atoms with Gasteiger partial charge in [-0.2, -0.15) is 0 Å². The SMILES string of the molecule is CO[C@H]1[C@H](O)[C@H](O[C@H]2[C@H](C)O[C@H](O[C@@H]3[C@@H](C)O[C@H](O[C@@H]4CC[C@]5(C)[C@@H](CC[C@]6(O)[C@@H]5C[C@@H](OC(=O)C=Cc5ccccc5)[C@@]5(C)[C@@]6(O)CC[C@]5(O)[C@H](C)O)C4)C[C@H]3OC)C[C@@H]2OC)O[C@@H](C)[C@@H]1O[C@H]1O[C@@H](CO)[C@H](O)[C@H](O)[C@@H]1O. The third kappa shape index (κ3) is 10.8. The maximum Gasteiger partial charge on any atom is 0.331 e. The Hall–Kier alpha value is -2.37. The van der Waals surface area contributed by atoms with E-state index in [0.717, 1.165) is 5.56 Å². The van der Waals surface area contributed by atoms with Crippen molar-refractivity contribution >= 4 is 12.0 Å². The number of hydrogen-bond donors (Lipinski definition) is 9. The van der Waals surface area contributed by atoms with Crippen LogP contribution in [0.25, 0.3) is 6.08 Å². The molecule has 0 amide bonds. The molecular weight excluding hydrogens is 1040 g/mol. The lowest BCUT2D eigenvalue weighted by molar-refractivity contribution is -0.373. The molecule has 4 aliphatic carbocycles. The van der Waals surface area contributed by atoms with Crippen molar-refractivity contribution < 1.29 is 108 Å². The first-order chi connectivity index (χ1) is 37.4. The lowest BCUT2D eigenvalue weighted by atomic mass is 9.40. The Labute approximate surface area is 462 Å². The maximum absolute atomic E-state index is 13.7. The van der Waals surface area contributed by atoms with E-state index >= 15 is 0 Å². The number of carbonyl (C=O) groups excluding carboxylic acids is 1. The van der Waals surface area contributed by atoms with Gasteiger partial charge in [-0.25, -0.2) is 4.79 Å². The second-order valence-electron chi connectivity index (χ2n) is 24.3. The molecule has 4 heterocycles. The van der Waals surface area contributed by atoms with E-state index < -0.39 is 169 Å². The monoisotopic (exact) mass is 1120 g/mol. The largest absolute Gasteiger partial charge is 0.458 e. The van der Waals surface area contributed by atoms with Crippen molar-refractivity contribution in [3.05, 3.63) is 42.0 Å². The van der Waals surface area contributed by atoms with E-state index in [9.17, 15) is 50.8 Å². The van der Waals surface area contributed by atoms with Crippen molar-refractivity contribution in [2.24, 2.45) is 22.7 Å². The molecule has 0 radical (unpaired) electrons. The zero-order valence-electron chi connectivity index (χ0n) is 46.9. The number of benzene rings is 1. The van der Waals surface area contributed by atoms with Crippen LogP contribution in [0.4, 0.5) is 0 Å². The van der Waals surface area contributed by atoms with Gasteiger partial charge in [-0.15, -0.1) is 0 Å². The Morgan fingerprint density at radius 3 is 1.91 bits per heavy atom. The minimum absolute atomic E-state index is 0.0142. The molecule has 4 saturated carbocycles. The number of methoxy groups -OCH3 is 3.